The van der Waals surface area contributed by atoms with Crippen molar-refractivity contribution in [2.24, 2.45) is 5.92 Å². The molecule has 2 aromatic carbocycles. The zero-order valence-electron chi connectivity index (χ0n) is 15.7. The number of hydrogen-bond donors (Lipinski definition) is 2. The Kier molecular flexibility index (Phi) is 6.47. The van der Waals surface area contributed by atoms with Crippen molar-refractivity contribution in [3.63, 3.8) is 0 Å². The van der Waals surface area contributed by atoms with Crippen LogP contribution in [0.4, 0.5) is 5.69 Å². The van der Waals surface area contributed by atoms with E-state index in [1.165, 1.54) is 0 Å². The summed E-state index contributed by atoms with van der Waals surface area (Å²) in [6.45, 7) is 3.32. The topological polar surface area (TPSA) is 67.4 Å². The van der Waals surface area contributed by atoms with Crippen molar-refractivity contribution in [2.75, 3.05) is 11.9 Å². The van der Waals surface area contributed by atoms with Crippen LogP contribution in [-0.4, -0.2) is 18.4 Å². The fourth-order valence-electron chi connectivity index (χ4n) is 2.63. The summed E-state index contributed by atoms with van der Waals surface area (Å²) in [6, 6.07) is 14.7. The highest BCUT2D eigenvalue weighted by atomic mass is 16.5. The molecule has 2 N–H and O–H groups in total. The van der Waals surface area contributed by atoms with Crippen LogP contribution in [0.1, 0.15) is 48.5 Å². The van der Waals surface area contributed by atoms with Gasteiger partial charge in [0.15, 0.2) is 0 Å². The van der Waals surface area contributed by atoms with E-state index in [1.807, 2.05) is 36.4 Å². The van der Waals surface area contributed by atoms with E-state index in [1.54, 1.807) is 12.1 Å². The fourth-order valence-corrected chi connectivity index (χ4v) is 2.63. The number of carbonyl (C=O) groups excluding carboxylic acids is 2. The van der Waals surface area contributed by atoms with Crippen LogP contribution in [0.15, 0.2) is 48.5 Å². The van der Waals surface area contributed by atoms with Crippen LogP contribution >= 0.6 is 0 Å². The normalized spacial score (nSPS) is 13.1. The summed E-state index contributed by atoms with van der Waals surface area (Å²) in [5.41, 5.74) is 2.29. The lowest BCUT2D eigenvalue weighted by Crippen LogP contribution is -2.24. The Bertz CT molecular complexity index is 765. The van der Waals surface area contributed by atoms with Crippen LogP contribution in [0, 0.1) is 5.92 Å². The molecule has 3 rings (SSSR count). The van der Waals surface area contributed by atoms with Gasteiger partial charge in [0.1, 0.15) is 5.75 Å². The number of anilines is 1. The smallest absolute Gasteiger partial charge is 0.255 e. The predicted molar refractivity (Wildman–Crippen MR) is 106 cm³/mol. The first-order valence-corrected chi connectivity index (χ1v) is 9.56. The maximum absolute atomic E-state index is 12.4. The maximum atomic E-state index is 12.4. The van der Waals surface area contributed by atoms with E-state index >= 15 is 0 Å². The first kappa shape index (κ1) is 19.0. The second kappa shape index (κ2) is 9.21. The van der Waals surface area contributed by atoms with E-state index in [0.29, 0.717) is 18.7 Å². The number of hydrogen-bond acceptors (Lipinski definition) is 3. The molecule has 0 unspecified atom stereocenters. The molecule has 0 bridgehead atoms. The van der Waals surface area contributed by atoms with Gasteiger partial charge in [0.25, 0.3) is 5.91 Å². The molecule has 0 atom stereocenters. The van der Waals surface area contributed by atoms with Crippen molar-refractivity contribution >= 4 is 17.5 Å². The molecule has 2 amide bonds. The van der Waals surface area contributed by atoms with Gasteiger partial charge in [0, 0.05) is 23.7 Å². The molecule has 1 fully saturated rings. The van der Waals surface area contributed by atoms with Crippen molar-refractivity contribution in [3.05, 3.63) is 59.7 Å². The summed E-state index contributed by atoms with van der Waals surface area (Å²) in [5.74, 6) is 0.972. The van der Waals surface area contributed by atoms with Crippen LogP contribution in [0.5, 0.6) is 5.75 Å². The number of amides is 2. The molecule has 5 nitrogen and oxygen atoms in total. The molecule has 27 heavy (non-hydrogen) atoms. The third-order valence-electron chi connectivity index (χ3n) is 4.51. The summed E-state index contributed by atoms with van der Waals surface area (Å²) < 4.78 is 5.62. The summed E-state index contributed by atoms with van der Waals surface area (Å²) in [4.78, 5) is 24.0. The third-order valence-corrected chi connectivity index (χ3v) is 4.51. The zero-order valence-corrected chi connectivity index (χ0v) is 15.7. The number of unbranched alkanes of at least 4 members (excludes halogenated alkanes) is 1. The molecule has 0 heterocycles. The highest BCUT2D eigenvalue weighted by Crippen LogP contribution is 2.28. The first-order chi connectivity index (χ1) is 13.2. The van der Waals surface area contributed by atoms with Gasteiger partial charge in [-0.15, -0.1) is 0 Å². The summed E-state index contributed by atoms with van der Waals surface area (Å²) in [5, 5.41) is 5.80. The van der Waals surface area contributed by atoms with Gasteiger partial charge in [-0.1, -0.05) is 25.5 Å². The monoisotopic (exact) mass is 366 g/mol. The van der Waals surface area contributed by atoms with Gasteiger partial charge in [-0.3, -0.25) is 9.59 Å². The lowest BCUT2D eigenvalue weighted by atomic mass is 10.1. The van der Waals surface area contributed by atoms with Gasteiger partial charge >= 0.3 is 0 Å². The minimum Gasteiger partial charge on any atom is -0.494 e. The van der Waals surface area contributed by atoms with Crippen LogP contribution in [0.2, 0.25) is 0 Å². The molecule has 0 radical (unpaired) electrons. The Balaban J connectivity index is 1.49. The Morgan fingerprint density at radius 2 is 1.74 bits per heavy atom. The molecular formula is C22H26N2O3. The van der Waals surface area contributed by atoms with Crippen molar-refractivity contribution in [1.82, 2.24) is 5.32 Å². The van der Waals surface area contributed by atoms with E-state index in [2.05, 4.69) is 17.6 Å². The lowest BCUT2D eigenvalue weighted by Gasteiger charge is -2.09. The molecule has 0 aliphatic heterocycles. The first-order valence-electron chi connectivity index (χ1n) is 9.56. The van der Waals surface area contributed by atoms with Crippen molar-refractivity contribution in [1.29, 1.82) is 0 Å². The Labute approximate surface area is 160 Å². The van der Waals surface area contributed by atoms with Gasteiger partial charge in [0.2, 0.25) is 5.91 Å². The van der Waals surface area contributed by atoms with Gasteiger partial charge in [0.05, 0.1) is 6.61 Å². The van der Waals surface area contributed by atoms with Crippen LogP contribution in [0.3, 0.4) is 0 Å². The summed E-state index contributed by atoms with van der Waals surface area (Å²) >= 11 is 0. The molecule has 0 aromatic heterocycles. The van der Waals surface area contributed by atoms with Crippen LogP contribution in [0.25, 0.3) is 0 Å². The lowest BCUT2D eigenvalue weighted by molar-refractivity contribution is -0.122. The highest BCUT2D eigenvalue weighted by molar-refractivity contribution is 6.04. The van der Waals surface area contributed by atoms with Crippen molar-refractivity contribution < 1.29 is 14.3 Å². The Morgan fingerprint density at radius 3 is 2.37 bits per heavy atom. The quantitative estimate of drug-likeness (QED) is 0.655. The third kappa shape index (κ3) is 5.84. The number of rotatable bonds is 9. The molecule has 1 aliphatic carbocycles. The molecule has 142 valence electrons. The molecule has 2 aromatic rings. The predicted octanol–water partition coefficient (Wildman–Crippen LogP) is 4.14. The molecule has 5 heteroatoms. The number of ether oxygens (including phenoxy) is 1. The number of nitrogens with one attached hydrogen (secondary N) is 2. The standard InChI is InChI=1S/C22H26N2O3/c1-2-3-14-27-20-12-10-19(11-13-20)24-22(26)18-6-4-16(5-7-18)15-23-21(25)17-8-9-17/h4-7,10-13,17H,2-3,8-9,14-15H2,1H3,(H,23,25)(H,24,26). The highest BCUT2D eigenvalue weighted by Gasteiger charge is 2.29. The summed E-state index contributed by atoms with van der Waals surface area (Å²) in [7, 11) is 0. The molecule has 0 spiro atoms. The average molecular weight is 366 g/mol. The van der Waals surface area contributed by atoms with E-state index in [0.717, 1.165) is 42.7 Å². The minimum atomic E-state index is -0.164. The second-order valence-electron chi connectivity index (χ2n) is 6.87. The largest absolute Gasteiger partial charge is 0.494 e. The van der Waals surface area contributed by atoms with E-state index in [9.17, 15) is 9.59 Å². The SMILES string of the molecule is CCCCOc1ccc(NC(=O)c2ccc(CNC(=O)C3CC3)cc2)cc1. The maximum Gasteiger partial charge on any atom is 0.255 e. The van der Waals surface area contributed by atoms with Crippen LogP contribution < -0.4 is 15.4 Å². The Morgan fingerprint density at radius 1 is 1.04 bits per heavy atom. The summed E-state index contributed by atoms with van der Waals surface area (Å²) in [6.07, 6.45) is 4.12. The number of benzene rings is 2. The van der Waals surface area contributed by atoms with Crippen LogP contribution in [-0.2, 0) is 11.3 Å². The van der Waals surface area contributed by atoms with E-state index in [-0.39, 0.29) is 17.7 Å². The van der Waals surface area contributed by atoms with E-state index in [4.69, 9.17) is 4.74 Å². The average Bonchev–Trinajstić information content (AvgIpc) is 3.53. The minimum absolute atomic E-state index is 0.124. The molecule has 1 saturated carbocycles. The fraction of sp³-hybridized carbons (Fsp3) is 0.364. The molecule has 1 aliphatic rings. The van der Waals surface area contributed by atoms with Gasteiger partial charge < -0.3 is 15.4 Å². The zero-order chi connectivity index (χ0) is 19.1. The van der Waals surface area contributed by atoms with Gasteiger partial charge in [-0.05, 0) is 61.2 Å². The van der Waals surface area contributed by atoms with Crippen molar-refractivity contribution in [3.8, 4) is 5.75 Å². The van der Waals surface area contributed by atoms with Gasteiger partial charge in [-0.25, -0.2) is 0 Å². The van der Waals surface area contributed by atoms with Gasteiger partial charge in [-0.2, -0.15) is 0 Å². The van der Waals surface area contributed by atoms with E-state index < -0.39 is 0 Å². The van der Waals surface area contributed by atoms with Crippen molar-refractivity contribution in [2.45, 2.75) is 39.2 Å². The Hall–Kier alpha value is -2.82. The number of carbonyl (C=O) groups is 2. The second-order valence-corrected chi connectivity index (χ2v) is 6.87. The molecule has 0 saturated heterocycles. The molecular weight excluding hydrogens is 340 g/mol.